The summed E-state index contributed by atoms with van der Waals surface area (Å²) in [5.74, 6) is 5.24. The third kappa shape index (κ3) is 3.38. The van der Waals surface area contributed by atoms with Crippen molar-refractivity contribution in [3.05, 3.63) is 12.4 Å². The molecular weight excluding hydrogens is 270 g/mol. The molecule has 0 saturated heterocycles. The number of nitrogens with two attached hydrogens (primary N) is 1. The SMILES string of the molecule is NNc1ncc(S(=O)(=O)NC2CCCCC2O)cn1. The Kier molecular flexibility index (Phi) is 4.30. The van der Waals surface area contributed by atoms with Crippen molar-refractivity contribution in [1.29, 1.82) is 0 Å². The number of rotatable bonds is 4. The summed E-state index contributed by atoms with van der Waals surface area (Å²) in [6.45, 7) is 0. The molecule has 19 heavy (non-hydrogen) atoms. The minimum absolute atomic E-state index is 0.0516. The van der Waals surface area contributed by atoms with E-state index < -0.39 is 22.2 Å². The van der Waals surface area contributed by atoms with Gasteiger partial charge in [-0.15, -0.1) is 0 Å². The van der Waals surface area contributed by atoms with Crippen molar-refractivity contribution in [3.8, 4) is 0 Å². The first-order valence-corrected chi connectivity index (χ1v) is 7.50. The van der Waals surface area contributed by atoms with Crippen LogP contribution in [-0.2, 0) is 10.0 Å². The fourth-order valence-corrected chi connectivity index (χ4v) is 3.24. The van der Waals surface area contributed by atoms with E-state index in [1.807, 2.05) is 0 Å². The molecule has 1 aromatic heterocycles. The molecule has 106 valence electrons. The summed E-state index contributed by atoms with van der Waals surface area (Å²) >= 11 is 0. The lowest BCUT2D eigenvalue weighted by molar-refractivity contribution is 0.101. The Morgan fingerprint density at radius 2 is 1.89 bits per heavy atom. The van der Waals surface area contributed by atoms with Crippen molar-refractivity contribution in [2.75, 3.05) is 5.43 Å². The van der Waals surface area contributed by atoms with Crippen LogP contribution in [0.15, 0.2) is 17.3 Å². The van der Waals surface area contributed by atoms with Crippen LogP contribution in [0.2, 0.25) is 0 Å². The maximum Gasteiger partial charge on any atom is 0.243 e. The first-order valence-electron chi connectivity index (χ1n) is 6.02. The molecule has 9 heteroatoms. The topological polar surface area (TPSA) is 130 Å². The Morgan fingerprint density at radius 3 is 2.47 bits per heavy atom. The van der Waals surface area contributed by atoms with Crippen LogP contribution in [0.3, 0.4) is 0 Å². The number of hydrogen-bond acceptors (Lipinski definition) is 7. The number of sulfonamides is 1. The lowest BCUT2D eigenvalue weighted by Crippen LogP contribution is -2.45. The largest absolute Gasteiger partial charge is 0.391 e. The van der Waals surface area contributed by atoms with Crippen molar-refractivity contribution in [2.45, 2.75) is 42.7 Å². The van der Waals surface area contributed by atoms with Crippen LogP contribution in [0.25, 0.3) is 0 Å². The predicted molar refractivity (Wildman–Crippen MR) is 68.4 cm³/mol. The monoisotopic (exact) mass is 287 g/mol. The van der Waals surface area contributed by atoms with E-state index in [-0.39, 0.29) is 10.8 Å². The molecule has 1 heterocycles. The van der Waals surface area contributed by atoms with E-state index in [1.165, 1.54) is 12.4 Å². The van der Waals surface area contributed by atoms with Crippen molar-refractivity contribution < 1.29 is 13.5 Å². The van der Waals surface area contributed by atoms with Gasteiger partial charge in [0.2, 0.25) is 16.0 Å². The summed E-state index contributed by atoms with van der Waals surface area (Å²) in [6.07, 6.45) is 4.74. The molecule has 2 atom stereocenters. The van der Waals surface area contributed by atoms with Crippen LogP contribution in [0.4, 0.5) is 5.95 Å². The smallest absolute Gasteiger partial charge is 0.243 e. The number of hydrazine groups is 1. The third-order valence-electron chi connectivity index (χ3n) is 3.10. The van der Waals surface area contributed by atoms with E-state index in [1.54, 1.807) is 0 Å². The summed E-state index contributed by atoms with van der Waals surface area (Å²) < 4.78 is 26.7. The second-order valence-electron chi connectivity index (χ2n) is 4.47. The first kappa shape index (κ1) is 14.1. The van der Waals surface area contributed by atoms with Gasteiger partial charge in [-0.25, -0.2) is 29.0 Å². The normalized spacial score (nSPS) is 24.1. The average Bonchev–Trinajstić information content (AvgIpc) is 2.41. The summed E-state index contributed by atoms with van der Waals surface area (Å²) in [5.41, 5.74) is 2.22. The highest BCUT2D eigenvalue weighted by Crippen LogP contribution is 2.20. The Balaban J connectivity index is 2.12. The molecule has 1 fully saturated rings. The Bertz CT molecular complexity index is 518. The predicted octanol–water partition coefficient (Wildman–Crippen LogP) is -0.656. The summed E-state index contributed by atoms with van der Waals surface area (Å²) in [4.78, 5) is 7.44. The zero-order valence-corrected chi connectivity index (χ0v) is 11.1. The number of aliphatic hydroxyl groups excluding tert-OH is 1. The number of aromatic nitrogens is 2. The molecule has 0 spiro atoms. The van der Waals surface area contributed by atoms with Crippen molar-refractivity contribution in [2.24, 2.45) is 5.84 Å². The molecule has 0 amide bonds. The maximum atomic E-state index is 12.1. The zero-order valence-electron chi connectivity index (χ0n) is 10.3. The van der Waals surface area contributed by atoms with Crippen LogP contribution in [0, 0.1) is 0 Å². The van der Waals surface area contributed by atoms with Crippen molar-refractivity contribution in [3.63, 3.8) is 0 Å². The number of anilines is 1. The van der Waals surface area contributed by atoms with Gasteiger partial charge in [-0.1, -0.05) is 12.8 Å². The van der Waals surface area contributed by atoms with Gasteiger partial charge >= 0.3 is 0 Å². The molecule has 2 rings (SSSR count). The molecule has 0 bridgehead atoms. The molecule has 1 aromatic rings. The van der Waals surface area contributed by atoms with Gasteiger partial charge in [0.1, 0.15) is 4.90 Å². The summed E-state index contributed by atoms with van der Waals surface area (Å²) in [6, 6.07) is -0.453. The minimum atomic E-state index is -3.72. The summed E-state index contributed by atoms with van der Waals surface area (Å²) in [7, 11) is -3.72. The highest BCUT2D eigenvalue weighted by atomic mass is 32.2. The highest BCUT2D eigenvalue weighted by Gasteiger charge is 2.28. The van der Waals surface area contributed by atoms with Gasteiger partial charge in [0.25, 0.3) is 0 Å². The van der Waals surface area contributed by atoms with Gasteiger partial charge in [-0.2, -0.15) is 0 Å². The molecule has 1 aliphatic carbocycles. The van der Waals surface area contributed by atoms with Crippen LogP contribution in [0.1, 0.15) is 25.7 Å². The van der Waals surface area contributed by atoms with E-state index in [2.05, 4.69) is 20.1 Å². The minimum Gasteiger partial charge on any atom is -0.391 e. The molecule has 2 unspecified atom stereocenters. The number of nitrogens with one attached hydrogen (secondary N) is 2. The Morgan fingerprint density at radius 1 is 1.26 bits per heavy atom. The van der Waals surface area contributed by atoms with Crippen molar-refractivity contribution in [1.82, 2.24) is 14.7 Å². The Hall–Kier alpha value is -1.29. The van der Waals surface area contributed by atoms with Crippen LogP contribution < -0.4 is 16.0 Å². The van der Waals surface area contributed by atoms with E-state index in [0.29, 0.717) is 12.8 Å². The average molecular weight is 287 g/mol. The maximum absolute atomic E-state index is 12.1. The van der Waals surface area contributed by atoms with E-state index in [0.717, 1.165) is 12.8 Å². The fourth-order valence-electron chi connectivity index (χ4n) is 2.05. The molecule has 1 saturated carbocycles. The molecule has 0 aromatic carbocycles. The van der Waals surface area contributed by atoms with Crippen molar-refractivity contribution >= 4 is 16.0 Å². The lowest BCUT2D eigenvalue weighted by atomic mass is 9.93. The second kappa shape index (κ2) is 5.78. The van der Waals surface area contributed by atoms with Crippen LogP contribution in [0.5, 0.6) is 0 Å². The quantitative estimate of drug-likeness (QED) is 0.427. The Labute approximate surface area is 111 Å². The first-order chi connectivity index (χ1) is 9.03. The number of aliphatic hydroxyl groups is 1. The third-order valence-corrected chi connectivity index (χ3v) is 4.55. The summed E-state index contributed by atoms with van der Waals surface area (Å²) in [5, 5.41) is 9.78. The molecule has 0 aliphatic heterocycles. The van der Waals surface area contributed by atoms with Gasteiger partial charge in [-0.3, -0.25) is 5.43 Å². The molecule has 5 N–H and O–H groups in total. The molecular formula is C10H17N5O3S. The van der Waals surface area contributed by atoms with Crippen LogP contribution in [-0.4, -0.2) is 35.6 Å². The fraction of sp³-hybridized carbons (Fsp3) is 0.600. The standard InChI is InChI=1S/C10H17N5O3S/c11-14-10-12-5-7(6-13-10)19(17,18)15-8-3-1-2-4-9(8)16/h5-6,8-9,15-16H,1-4,11H2,(H,12,13,14). The van der Waals surface area contributed by atoms with Crippen LogP contribution >= 0.6 is 0 Å². The number of nitrogen functional groups attached to an aromatic ring is 1. The van der Waals surface area contributed by atoms with E-state index in [9.17, 15) is 13.5 Å². The second-order valence-corrected chi connectivity index (χ2v) is 6.18. The van der Waals surface area contributed by atoms with Gasteiger partial charge in [0.15, 0.2) is 0 Å². The molecule has 8 nitrogen and oxygen atoms in total. The van der Waals surface area contributed by atoms with Gasteiger partial charge in [0.05, 0.1) is 18.5 Å². The van der Waals surface area contributed by atoms with E-state index >= 15 is 0 Å². The molecule has 0 radical (unpaired) electrons. The van der Waals surface area contributed by atoms with Gasteiger partial charge < -0.3 is 5.11 Å². The molecule has 1 aliphatic rings. The zero-order chi connectivity index (χ0) is 13.9. The van der Waals surface area contributed by atoms with E-state index in [4.69, 9.17) is 5.84 Å². The highest BCUT2D eigenvalue weighted by molar-refractivity contribution is 7.89. The number of hydrogen-bond donors (Lipinski definition) is 4. The lowest BCUT2D eigenvalue weighted by Gasteiger charge is -2.27. The van der Waals surface area contributed by atoms with Gasteiger partial charge in [0, 0.05) is 6.04 Å². The van der Waals surface area contributed by atoms with Gasteiger partial charge in [-0.05, 0) is 12.8 Å². The number of nitrogens with zero attached hydrogens (tertiary/aromatic N) is 2.